The van der Waals surface area contributed by atoms with E-state index in [1.165, 1.54) is 5.57 Å². The summed E-state index contributed by atoms with van der Waals surface area (Å²) in [5.74, 6) is 0.487. The van der Waals surface area contributed by atoms with Gasteiger partial charge in [-0.1, -0.05) is 32.4 Å². The third-order valence-corrected chi connectivity index (χ3v) is 6.84. The van der Waals surface area contributed by atoms with E-state index >= 15 is 4.39 Å². The minimum Gasteiger partial charge on any atom is -0.436 e. The Morgan fingerprint density at radius 2 is 1.78 bits per heavy atom. The molecule has 0 unspecified atom stereocenters. The third kappa shape index (κ3) is 4.97. The van der Waals surface area contributed by atoms with Gasteiger partial charge < -0.3 is 19.9 Å². The number of rotatable bonds is 4. The van der Waals surface area contributed by atoms with Gasteiger partial charge in [-0.05, 0) is 37.5 Å². The molecule has 0 radical (unpaired) electrons. The Morgan fingerprint density at radius 3 is 2.47 bits per heavy atom. The van der Waals surface area contributed by atoms with E-state index in [1.54, 1.807) is 12.1 Å². The minimum absolute atomic E-state index is 0.00566. The summed E-state index contributed by atoms with van der Waals surface area (Å²) in [5, 5.41) is 3.19. The van der Waals surface area contributed by atoms with Gasteiger partial charge in [-0.15, -0.1) is 0 Å². The molecule has 1 fully saturated rings. The van der Waals surface area contributed by atoms with Crippen molar-refractivity contribution in [1.29, 1.82) is 0 Å². The third-order valence-electron chi connectivity index (χ3n) is 6.84. The lowest BCUT2D eigenvalue weighted by Gasteiger charge is -2.33. The van der Waals surface area contributed by atoms with E-state index in [0.717, 1.165) is 37.8 Å². The number of piperazine rings is 1. The number of fused-ring (bicyclic) bond motifs is 1. The second-order valence-corrected chi connectivity index (χ2v) is 10.8. The number of ether oxygens (including phenoxy) is 1. The van der Waals surface area contributed by atoms with Crippen LogP contribution >= 0.6 is 0 Å². The van der Waals surface area contributed by atoms with E-state index in [0.29, 0.717) is 36.1 Å². The molecule has 0 atom stereocenters. The molecule has 1 aliphatic carbocycles. The summed E-state index contributed by atoms with van der Waals surface area (Å²) in [5.41, 5.74) is 2.73. The van der Waals surface area contributed by atoms with E-state index in [-0.39, 0.29) is 22.6 Å². The zero-order chi connectivity index (χ0) is 25.6. The summed E-state index contributed by atoms with van der Waals surface area (Å²) in [6.45, 7) is 12.3. The number of nitrogens with zero attached hydrogens (tertiary/aromatic N) is 5. The van der Waals surface area contributed by atoms with Gasteiger partial charge in [-0.2, -0.15) is 9.97 Å². The highest BCUT2D eigenvalue weighted by Crippen LogP contribution is 2.37. The molecule has 5 rings (SSSR count). The fourth-order valence-corrected chi connectivity index (χ4v) is 4.54. The summed E-state index contributed by atoms with van der Waals surface area (Å²) >= 11 is 0. The maximum atomic E-state index is 15.3. The number of allylic oxidation sites excluding steroid dienone is 1. The zero-order valence-electron chi connectivity index (χ0n) is 21.5. The highest BCUT2D eigenvalue weighted by molar-refractivity contribution is 6.05. The number of aromatic nitrogens is 2. The van der Waals surface area contributed by atoms with Crippen molar-refractivity contribution in [1.82, 2.24) is 14.9 Å². The van der Waals surface area contributed by atoms with Crippen molar-refractivity contribution in [3.05, 3.63) is 52.1 Å². The van der Waals surface area contributed by atoms with Gasteiger partial charge in [0, 0.05) is 49.4 Å². The molecule has 3 aliphatic rings. The van der Waals surface area contributed by atoms with Crippen LogP contribution in [0.2, 0.25) is 0 Å². The molecular formula is C27H32F2N6O. The monoisotopic (exact) mass is 494 g/mol. The number of aliphatic imine (C=N–C) groups is 1. The van der Waals surface area contributed by atoms with Crippen LogP contribution in [0.3, 0.4) is 0 Å². The number of hydrogen-bond acceptors (Lipinski definition) is 7. The second-order valence-electron chi connectivity index (χ2n) is 10.8. The molecule has 3 heterocycles. The fourth-order valence-electron chi connectivity index (χ4n) is 4.54. The summed E-state index contributed by atoms with van der Waals surface area (Å²) in [7, 11) is 2.08. The molecule has 1 aromatic heterocycles. The van der Waals surface area contributed by atoms with Crippen molar-refractivity contribution in [2.45, 2.75) is 34.1 Å². The fraction of sp³-hybridized carbons (Fsp3) is 0.444. The summed E-state index contributed by atoms with van der Waals surface area (Å²) in [6.07, 6.45) is 4.08. The molecule has 7 nitrogen and oxygen atoms in total. The largest absolute Gasteiger partial charge is 0.436 e. The number of halogens is 2. The van der Waals surface area contributed by atoms with Crippen molar-refractivity contribution >= 4 is 23.7 Å². The highest BCUT2D eigenvalue weighted by Gasteiger charge is 2.25. The van der Waals surface area contributed by atoms with Crippen molar-refractivity contribution < 1.29 is 13.5 Å². The van der Waals surface area contributed by atoms with Crippen LogP contribution in [-0.2, 0) is 6.42 Å². The molecule has 9 heteroatoms. The molecule has 0 amide bonds. The van der Waals surface area contributed by atoms with Crippen LogP contribution in [0.15, 0.2) is 34.3 Å². The van der Waals surface area contributed by atoms with Gasteiger partial charge in [0.1, 0.15) is 17.5 Å². The first-order valence-corrected chi connectivity index (χ1v) is 12.3. The highest BCUT2D eigenvalue weighted by atomic mass is 19.1. The van der Waals surface area contributed by atoms with Crippen molar-refractivity contribution in [2.24, 2.45) is 10.4 Å². The van der Waals surface area contributed by atoms with Gasteiger partial charge in [0.25, 0.3) is 0 Å². The maximum absolute atomic E-state index is 15.3. The number of likely N-dealkylation sites (N-methyl/N-ethyl adjacent to an activating group) is 1. The molecule has 2 aliphatic heterocycles. The van der Waals surface area contributed by atoms with Crippen LogP contribution in [0.4, 0.5) is 20.5 Å². The Morgan fingerprint density at radius 1 is 1.03 bits per heavy atom. The Balaban J connectivity index is 1.47. The van der Waals surface area contributed by atoms with Gasteiger partial charge in [0.15, 0.2) is 11.6 Å². The van der Waals surface area contributed by atoms with Gasteiger partial charge in [0.05, 0.1) is 6.54 Å². The summed E-state index contributed by atoms with van der Waals surface area (Å²) < 4.78 is 35.8. The number of benzene rings is 1. The average Bonchev–Trinajstić information content (AvgIpc) is 3.45. The second kappa shape index (κ2) is 9.28. The lowest BCUT2D eigenvalue weighted by Crippen LogP contribution is -2.44. The standard InChI is InChI=1S/C27H32F2N6O/c1-16-10-18-19(11-16)25(29)21(13-20(18)28)36-24-14-23(35-8-6-34(5)7-9-35)32-26(33-24)31-22-12-17(15-30-22)27(2,3)4/h11-14H,6-10,15H2,1-5H3,(H,30,31,32,33). The maximum Gasteiger partial charge on any atom is 0.233 e. The SMILES string of the molecule is CC1=Cc2c(F)c(Oc3cc(N4CCN(C)CC4)nc(NC4=NCC(C(C)(C)C)=C4)n3)cc(F)c2C1. The lowest BCUT2D eigenvalue weighted by molar-refractivity contribution is 0.312. The van der Waals surface area contributed by atoms with Crippen LogP contribution in [0, 0.1) is 17.0 Å². The first-order valence-electron chi connectivity index (χ1n) is 12.3. The predicted octanol–water partition coefficient (Wildman–Crippen LogP) is 5.05. The molecule has 1 aromatic carbocycles. The van der Waals surface area contributed by atoms with E-state index in [9.17, 15) is 4.39 Å². The van der Waals surface area contributed by atoms with E-state index in [2.05, 4.69) is 52.9 Å². The topological polar surface area (TPSA) is 65.9 Å². The van der Waals surface area contributed by atoms with Crippen LogP contribution in [0.25, 0.3) is 6.08 Å². The molecule has 190 valence electrons. The average molecular weight is 495 g/mol. The molecule has 36 heavy (non-hydrogen) atoms. The minimum atomic E-state index is -0.588. The van der Waals surface area contributed by atoms with Crippen LogP contribution < -0.4 is 15.0 Å². The van der Waals surface area contributed by atoms with Gasteiger partial charge in [-0.25, -0.2) is 8.78 Å². The Hall–Kier alpha value is -3.33. The number of nitrogens with one attached hydrogen (secondary N) is 1. The summed E-state index contributed by atoms with van der Waals surface area (Å²) in [4.78, 5) is 18.1. The zero-order valence-corrected chi connectivity index (χ0v) is 21.5. The molecule has 2 aromatic rings. The smallest absolute Gasteiger partial charge is 0.233 e. The lowest BCUT2D eigenvalue weighted by atomic mass is 9.87. The first kappa shape index (κ1) is 24.4. The normalized spacial score (nSPS) is 18.1. The van der Waals surface area contributed by atoms with Crippen molar-refractivity contribution in [3.8, 4) is 11.6 Å². The molecule has 0 saturated carbocycles. The number of hydrogen-bond donors (Lipinski definition) is 1. The first-order chi connectivity index (χ1) is 17.1. The Bertz CT molecular complexity index is 1290. The molecule has 1 N–H and O–H groups in total. The van der Waals surface area contributed by atoms with Crippen LogP contribution in [0.1, 0.15) is 38.8 Å². The van der Waals surface area contributed by atoms with Gasteiger partial charge in [-0.3, -0.25) is 4.99 Å². The molecule has 0 bridgehead atoms. The quantitative estimate of drug-likeness (QED) is 0.641. The van der Waals surface area contributed by atoms with Crippen LogP contribution in [0.5, 0.6) is 11.6 Å². The Kier molecular flexibility index (Phi) is 6.28. The Labute approximate surface area is 210 Å². The van der Waals surface area contributed by atoms with E-state index in [4.69, 9.17) is 9.72 Å². The molecular weight excluding hydrogens is 462 g/mol. The van der Waals surface area contributed by atoms with Gasteiger partial charge in [0.2, 0.25) is 11.8 Å². The van der Waals surface area contributed by atoms with E-state index in [1.807, 2.05) is 13.0 Å². The predicted molar refractivity (Wildman–Crippen MR) is 139 cm³/mol. The number of anilines is 2. The molecule has 0 spiro atoms. The molecule has 1 saturated heterocycles. The van der Waals surface area contributed by atoms with Crippen molar-refractivity contribution in [3.63, 3.8) is 0 Å². The summed E-state index contributed by atoms with van der Waals surface area (Å²) in [6, 6.07) is 2.78. The van der Waals surface area contributed by atoms with Crippen molar-refractivity contribution in [2.75, 3.05) is 50.0 Å². The van der Waals surface area contributed by atoms with Gasteiger partial charge >= 0.3 is 0 Å². The van der Waals surface area contributed by atoms with Crippen LogP contribution in [-0.4, -0.2) is 60.5 Å². The number of amidine groups is 1. The van der Waals surface area contributed by atoms with E-state index < -0.39 is 11.6 Å².